The van der Waals surface area contributed by atoms with E-state index in [2.05, 4.69) is 39.8 Å². The van der Waals surface area contributed by atoms with Crippen molar-refractivity contribution in [3.05, 3.63) is 66.0 Å². The number of likely N-dealkylation sites (tertiary alicyclic amines) is 1. The lowest BCUT2D eigenvalue weighted by atomic mass is 9.96. The third kappa shape index (κ3) is 5.29. The molecule has 0 unspecified atom stereocenters. The van der Waals surface area contributed by atoms with E-state index < -0.39 is 5.82 Å². The lowest BCUT2D eigenvalue weighted by molar-refractivity contribution is 0.175. The summed E-state index contributed by atoms with van der Waals surface area (Å²) in [5, 5.41) is 5.41. The highest BCUT2D eigenvalue weighted by Crippen LogP contribution is 2.18. The summed E-state index contributed by atoms with van der Waals surface area (Å²) < 4.78 is 13.5. The van der Waals surface area contributed by atoms with E-state index in [1.54, 1.807) is 18.2 Å². The number of carbonyl (C=O) groups is 1. The lowest BCUT2D eigenvalue weighted by Gasteiger charge is -2.32. The van der Waals surface area contributed by atoms with Gasteiger partial charge in [0.25, 0.3) is 0 Å². The van der Waals surface area contributed by atoms with Gasteiger partial charge in [0.1, 0.15) is 5.82 Å². The van der Waals surface area contributed by atoms with Gasteiger partial charge < -0.3 is 10.6 Å². The molecule has 0 atom stereocenters. The Hall–Kier alpha value is -2.40. The summed E-state index contributed by atoms with van der Waals surface area (Å²) in [6.45, 7) is 3.68. The van der Waals surface area contributed by atoms with Crippen molar-refractivity contribution in [1.82, 2.24) is 10.2 Å². The average molecular weight is 341 g/mol. The normalized spacial score (nSPS) is 15.7. The molecule has 4 nitrogen and oxygen atoms in total. The van der Waals surface area contributed by atoms with E-state index in [1.165, 1.54) is 11.6 Å². The van der Waals surface area contributed by atoms with E-state index in [9.17, 15) is 9.18 Å². The molecule has 0 saturated carbocycles. The van der Waals surface area contributed by atoms with E-state index in [1.807, 2.05) is 6.07 Å². The van der Waals surface area contributed by atoms with Gasteiger partial charge in [0.05, 0.1) is 5.69 Å². The first-order chi connectivity index (χ1) is 12.2. The predicted octanol–water partition coefficient (Wildman–Crippen LogP) is 3.86. The Kier molecular flexibility index (Phi) is 6.01. The number of piperidine rings is 1. The molecule has 5 heteroatoms. The fourth-order valence-corrected chi connectivity index (χ4v) is 3.16. The molecular formula is C20H24FN3O. The molecule has 0 aliphatic carbocycles. The Labute approximate surface area is 148 Å². The molecule has 2 aromatic carbocycles. The van der Waals surface area contributed by atoms with Crippen molar-refractivity contribution in [3.63, 3.8) is 0 Å². The Balaban J connectivity index is 1.38. The quantitative estimate of drug-likeness (QED) is 0.867. The summed E-state index contributed by atoms with van der Waals surface area (Å²) in [5.41, 5.74) is 1.54. The van der Waals surface area contributed by atoms with Crippen LogP contribution in [0.4, 0.5) is 14.9 Å². The van der Waals surface area contributed by atoms with Gasteiger partial charge in [-0.2, -0.15) is 0 Å². The summed E-state index contributed by atoms with van der Waals surface area (Å²) in [7, 11) is 0. The number of amides is 2. The van der Waals surface area contributed by atoms with E-state index in [4.69, 9.17) is 0 Å². The highest BCUT2D eigenvalue weighted by Gasteiger charge is 2.19. The number of benzene rings is 2. The second-order valence-corrected chi connectivity index (χ2v) is 6.52. The standard InChI is InChI=1S/C20H24FN3O/c21-18-8-4-5-9-19(18)23-20(25)22-14-16-10-12-24(13-11-16)15-17-6-2-1-3-7-17/h1-9,16H,10-15H2,(H2,22,23,25). The van der Waals surface area contributed by atoms with Crippen LogP contribution in [0.5, 0.6) is 0 Å². The number of para-hydroxylation sites is 1. The molecule has 1 aliphatic heterocycles. The second-order valence-electron chi connectivity index (χ2n) is 6.52. The topological polar surface area (TPSA) is 44.4 Å². The Morgan fingerprint density at radius 3 is 2.44 bits per heavy atom. The van der Waals surface area contributed by atoms with E-state index in [-0.39, 0.29) is 11.7 Å². The molecule has 132 valence electrons. The number of hydrogen-bond donors (Lipinski definition) is 2. The van der Waals surface area contributed by atoms with Crippen LogP contribution >= 0.6 is 0 Å². The smallest absolute Gasteiger partial charge is 0.319 e. The van der Waals surface area contributed by atoms with Gasteiger partial charge in [0.2, 0.25) is 0 Å². The minimum absolute atomic E-state index is 0.206. The van der Waals surface area contributed by atoms with Crippen LogP contribution in [0.25, 0.3) is 0 Å². The maximum Gasteiger partial charge on any atom is 0.319 e. The number of anilines is 1. The number of rotatable bonds is 5. The van der Waals surface area contributed by atoms with E-state index in [0.717, 1.165) is 32.5 Å². The van der Waals surface area contributed by atoms with E-state index >= 15 is 0 Å². The lowest BCUT2D eigenvalue weighted by Crippen LogP contribution is -2.39. The van der Waals surface area contributed by atoms with Crippen LogP contribution in [0, 0.1) is 11.7 Å². The number of halogens is 1. The van der Waals surface area contributed by atoms with Crippen LogP contribution in [0.1, 0.15) is 18.4 Å². The number of nitrogens with zero attached hydrogens (tertiary/aromatic N) is 1. The third-order valence-electron chi connectivity index (χ3n) is 4.63. The van der Waals surface area contributed by atoms with Gasteiger partial charge in [-0.25, -0.2) is 9.18 Å². The van der Waals surface area contributed by atoms with Crippen LogP contribution in [0.15, 0.2) is 54.6 Å². The zero-order valence-corrected chi connectivity index (χ0v) is 14.2. The second kappa shape index (κ2) is 8.62. The number of urea groups is 1. The van der Waals surface area contributed by atoms with Crippen LogP contribution in [-0.2, 0) is 6.54 Å². The van der Waals surface area contributed by atoms with Crippen LogP contribution in [-0.4, -0.2) is 30.6 Å². The molecule has 25 heavy (non-hydrogen) atoms. The van der Waals surface area contributed by atoms with Crippen LogP contribution in [0.2, 0.25) is 0 Å². The molecule has 1 heterocycles. The van der Waals surface area contributed by atoms with Crippen LogP contribution < -0.4 is 10.6 Å². The first-order valence-electron chi connectivity index (χ1n) is 8.76. The van der Waals surface area contributed by atoms with Crippen molar-refractivity contribution >= 4 is 11.7 Å². The molecule has 1 saturated heterocycles. The van der Waals surface area contributed by atoms with Gasteiger partial charge in [0, 0.05) is 13.1 Å². The Morgan fingerprint density at radius 2 is 1.72 bits per heavy atom. The van der Waals surface area contributed by atoms with Gasteiger partial charge in [-0.15, -0.1) is 0 Å². The molecule has 3 rings (SSSR count). The predicted molar refractivity (Wildman–Crippen MR) is 97.9 cm³/mol. The summed E-state index contributed by atoms with van der Waals surface area (Å²) in [4.78, 5) is 14.4. The Morgan fingerprint density at radius 1 is 1.04 bits per heavy atom. The Bertz CT molecular complexity index is 684. The van der Waals surface area contributed by atoms with Crippen molar-refractivity contribution in [1.29, 1.82) is 0 Å². The van der Waals surface area contributed by atoms with Crippen molar-refractivity contribution in [2.75, 3.05) is 25.0 Å². The number of carbonyl (C=O) groups excluding carboxylic acids is 1. The molecule has 2 aromatic rings. The molecule has 1 fully saturated rings. The zero-order valence-electron chi connectivity index (χ0n) is 14.2. The summed E-state index contributed by atoms with van der Waals surface area (Å²) in [6.07, 6.45) is 2.12. The molecular weight excluding hydrogens is 317 g/mol. The highest BCUT2D eigenvalue weighted by molar-refractivity contribution is 5.89. The summed E-state index contributed by atoms with van der Waals surface area (Å²) >= 11 is 0. The SMILES string of the molecule is O=C(NCC1CCN(Cc2ccccc2)CC1)Nc1ccccc1F. The van der Waals surface area contributed by atoms with Gasteiger partial charge in [-0.3, -0.25) is 4.90 Å². The highest BCUT2D eigenvalue weighted by atomic mass is 19.1. The maximum absolute atomic E-state index is 13.5. The average Bonchev–Trinajstić information content (AvgIpc) is 2.64. The fourth-order valence-electron chi connectivity index (χ4n) is 3.16. The first kappa shape index (κ1) is 17.4. The molecule has 0 bridgehead atoms. The maximum atomic E-state index is 13.5. The van der Waals surface area contributed by atoms with Crippen molar-refractivity contribution in [2.24, 2.45) is 5.92 Å². The molecule has 0 aromatic heterocycles. The number of hydrogen-bond acceptors (Lipinski definition) is 2. The van der Waals surface area contributed by atoms with Crippen LogP contribution in [0.3, 0.4) is 0 Å². The molecule has 1 aliphatic rings. The molecule has 2 amide bonds. The molecule has 0 radical (unpaired) electrons. The third-order valence-corrected chi connectivity index (χ3v) is 4.63. The minimum Gasteiger partial charge on any atom is -0.338 e. The van der Waals surface area contributed by atoms with Crippen molar-refractivity contribution in [3.8, 4) is 0 Å². The fraction of sp³-hybridized carbons (Fsp3) is 0.350. The van der Waals surface area contributed by atoms with Gasteiger partial charge >= 0.3 is 6.03 Å². The summed E-state index contributed by atoms with van der Waals surface area (Å²) in [6, 6.07) is 16.3. The van der Waals surface area contributed by atoms with Crippen molar-refractivity contribution in [2.45, 2.75) is 19.4 Å². The molecule has 2 N–H and O–H groups in total. The van der Waals surface area contributed by atoms with Gasteiger partial charge in [0.15, 0.2) is 0 Å². The van der Waals surface area contributed by atoms with Gasteiger partial charge in [-0.1, -0.05) is 42.5 Å². The van der Waals surface area contributed by atoms with Crippen molar-refractivity contribution < 1.29 is 9.18 Å². The number of nitrogens with one attached hydrogen (secondary N) is 2. The largest absolute Gasteiger partial charge is 0.338 e. The van der Waals surface area contributed by atoms with E-state index in [0.29, 0.717) is 12.5 Å². The molecule has 0 spiro atoms. The summed E-state index contributed by atoms with van der Waals surface area (Å²) in [5.74, 6) is 0.0465. The monoisotopic (exact) mass is 341 g/mol. The van der Waals surface area contributed by atoms with Gasteiger partial charge in [-0.05, 0) is 49.5 Å². The zero-order chi connectivity index (χ0) is 17.5. The first-order valence-corrected chi connectivity index (χ1v) is 8.76. The minimum atomic E-state index is -0.424.